The van der Waals surface area contributed by atoms with Crippen molar-refractivity contribution in [2.75, 3.05) is 38.3 Å². The summed E-state index contributed by atoms with van der Waals surface area (Å²) in [6.07, 6.45) is 0. The minimum atomic E-state index is -0.206. The minimum absolute atomic E-state index is 0.137. The Morgan fingerprint density at radius 1 is 1.06 bits per heavy atom. The van der Waals surface area contributed by atoms with Crippen molar-refractivity contribution in [3.8, 4) is 0 Å². The molecule has 2 aromatic carbocycles. The van der Waals surface area contributed by atoms with Crippen LogP contribution in [-0.4, -0.2) is 53.9 Å². The maximum absolute atomic E-state index is 13.3. The van der Waals surface area contributed by atoms with Crippen LogP contribution >= 0.6 is 0 Å². The highest BCUT2D eigenvalue weighted by molar-refractivity contribution is 6.04. The van der Waals surface area contributed by atoms with Crippen LogP contribution in [0.15, 0.2) is 53.3 Å². The van der Waals surface area contributed by atoms with Gasteiger partial charge >= 0.3 is 0 Å². The number of anilines is 1. The third kappa shape index (κ3) is 4.32. The lowest BCUT2D eigenvalue weighted by molar-refractivity contribution is 0.0778. The standard InChI is InChI=1S/C24H28N4O3/c1-17(2)28-23(29)21-7-5-4-6-20(21)22(25-28)24(30)26(3)16-18-8-10-19(11-9-18)27-12-14-31-15-13-27/h4-11,17H,12-16H2,1-3H3. The molecular weight excluding hydrogens is 392 g/mol. The van der Waals surface area contributed by atoms with Gasteiger partial charge in [0.15, 0.2) is 5.69 Å². The Kier molecular flexibility index (Phi) is 6.04. The predicted octanol–water partition coefficient (Wildman–Crippen LogP) is 3.09. The normalized spacial score (nSPS) is 14.3. The first-order chi connectivity index (χ1) is 15.0. The number of hydrogen-bond acceptors (Lipinski definition) is 5. The Morgan fingerprint density at radius 2 is 1.71 bits per heavy atom. The maximum atomic E-state index is 13.3. The fraction of sp³-hybridized carbons (Fsp3) is 0.375. The van der Waals surface area contributed by atoms with Gasteiger partial charge in [0.25, 0.3) is 11.5 Å². The summed E-state index contributed by atoms with van der Waals surface area (Å²) in [7, 11) is 1.76. The van der Waals surface area contributed by atoms with Crippen LogP contribution in [0.3, 0.4) is 0 Å². The molecule has 1 aliphatic heterocycles. The van der Waals surface area contributed by atoms with E-state index in [4.69, 9.17) is 4.74 Å². The van der Waals surface area contributed by atoms with Gasteiger partial charge in [-0.25, -0.2) is 4.68 Å². The molecule has 2 heterocycles. The van der Waals surface area contributed by atoms with Crippen LogP contribution < -0.4 is 10.5 Å². The van der Waals surface area contributed by atoms with Crippen molar-refractivity contribution in [1.82, 2.24) is 14.7 Å². The monoisotopic (exact) mass is 420 g/mol. The van der Waals surface area contributed by atoms with Gasteiger partial charge in [-0.3, -0.25) is 9.59 Å². The Hall–Kier alpha value is -3.19. The minimum Gasteiger partial charge on any atom is -0.378 e. The van der Waals surface area contributed by atoms with Gasteiger partial charge in [0.05, 0.1) is 24.6 Å². The molecular formula is C24H28N4O3. The van der Waals surface area contributed by atoms with E-state index in [1.807, 2.05) is 26.0 Å². The van der Waals surface area contributed by atoms with Crippen LogP contribution in [-0.2, 0) is 11.3 Å². The lowest BCUT2D eigenvalue weighted by atomic mass is 10.1. The fourth-order valence-electron chi connectivity index (χ4n) is 3.87. The van der Waals surface area contributed by atoms with E-state index < -0.39 is 0 Å². The molecule has 0 bridgehead atoms. The van der Waals surface area contributed by atoms with Crippen LogP contribution in [0.1, 0.15) is 35.9 Å². The van der Waals surface area contributed by atoms with E-state index in [1.165, 1.54) is 4.68 Å². The van der Waals surface area contributed by atoms with E-state index in [-0.39, 0.29) is 17.5 Å². The molecule has 1 amide bonds. The van der Waals surface area contributed by atoms with Crippen LogP contribution in [0.25, 0.3) is 10.8 Å². The molecule has 1 fully saturated rings. The lowest BCUT2D eigenvalue weighted by Gasteiger charge is -2.29. The van der Waals surface area contributed by atoms with Crippen molar-refractivity contribution in [2.24, 2.45) is 0 Å². The molecule has 1 aromatic heterocycles. The van der Waals surface area contributed by atoms with Crippen molar-refractivity contribution >= 4 is 22.4 Å². The van der Waals surface area contributed by atoms with Crippen LogP contribution in [0.4, 0.5) is 5.69 Å². The van der Waals surface area contributed by atoms with Crippen LogP contribution in [0.2, 0.25) is 0 Å². The SMILES string of the molecule is CC(C)n1nc(C(=O)N(C)Cc2ccc(N3CCOCC3)cc2)c2ccccc2c1=O. The number of hydrogen-bond donors (Lipinski definition) is 0. The van der Waals surface area contributed by atoms with E-state index in [1.54, 1.807) is 24.1 Å². The molecule has 0 N–H and O–H groups in total. The molecule has 31 heavy (non-hydrogen) atoms. The number of morpholine rings is 1. The van der Waals surface area contributed by atoms with E-state index in [2.05, 4.69) is 34.3 Å². The van der Waals surface area contributed by atoms with Gasteiger partial charge < -0.3 is 14.5 Å². The highest BCUT2D eigenvalue weighted by Gasteiger charge is 2.21. The number of aromatic nitrogens is 2. The fourth-order valence-corrected chi connectivity index (χ4v) is 3.87. The average Bonchev–Trinajstić information content (AvgIpc) is 2.80. The van der Waals surface area contributed by atoms with Gasteiger partial charge in [0.2, 0.25) is 0 Å². The van der Waals surface area contributed by atoms with E-state index >= 15 is 0 Å². The molecule has 1 aliphatic rings. The number of carbonyl (C=O) groups is 1. The summed E-state index contributed by atoms with van der Waals surface area (Å²) in [6.45, 7) is 7.51. The number of benzene rings is 2. The van der Waals surface area contributed by atoms with Crippen molar-refractivity contribution < 1.29 is 9.53 Å². The van der Waals surface area contributed by atoms with Gasteiger partial charge in [-0.2, -0.15) is 5.10 Å². The highest BCUT2D eigenvalue weighted by atomic mass is 16.5. The lowest BCUT2D eigenvalue weighted by Crippen LogP contribution is -2.36. The number of nitrogens with zero attached hydrogens (tertiary/aromatic N) is 4. The van der Waals surface area contributed by atoms with Gasteiger partial charge in [-0.15, -0.1) is 0 Å². The van der Waals surface area contributed by atoms with E-state index in [9.17, 15) is 9.59 Å². The predicted molar refractivity (Wildman–Crippen MR) is 122 cm³/mol. The van der Waals surface area contributed by atoms with Crippen LogP contribution in [0.5, 0.6) is 0 Å². The number of fused-ring (bicyclic) bond motifs is 1. The number of amides is 1. The Morgan fingerprint density at radius 3 is 2.35 bits per heavy atom. The van der Waals surface area contributed by atoms with Crippen molar-refractivity contribution in [3.63, 3.8) is 0 Å². The Labute approximate surface area is 181 Å². The Bertz CT molecular complexity index is 1130. The van der Waals surface area contributed by atoms with Crippen molar-refractivity contribution in [2.45, 2.75) is 26.4 Å². The quantitative estimate of drug-likeness (QED) is 0.635. The van der Waals surface area contributed by atoms with Crippen LogP contribution in [0, 0.1) is 0 Å². The zero-order valence-electron chi connectivity index (χ0n) is 18.2. The second-order valence-corrected chi connectivity index (χ2v) is 8.16. The molecule has 7 nitrogen and oxygen atoms in total. The summed E-state index contributed by atoms with van der Waals surface area (Å²) < 4.78 is 6.80. The van der Waals surface area contributed by atoms with E-state index in [0.717, 1.165) is 37.6 Å². The third-order valence-corrected chi connectivity index (χ3v) is 5.60. The first kappa shape index (κ1) is 21.1. The number of rotatable bonds is 5. The van der Waals surface area contributed by atoms with Gasteiger partial charge in [0.1, 0.15) is 0 Å². The topological polar surface area (TPSA) is 67.7 Å². The Balaban J connectivity index is 1.58. The molecule has 7 heteroatoms. The second kappa shape index (κ2) is 8.89. The van der Waals surface area contributed by atoms with Gasteiger partial charge in [-0.1, -0.05) is 30.3 Å². The first-order valence-corrected chi connectivity index (χ1v) is 10.6. The molecule has 4 rings (SSSR count). The highest BCUT2D eigenvalue weighted by Crippen LogP contribution is 2.20. The molecule has 0 saturated carbocycles. The molecule has 1 saturated heterocycles. The van der Waals surface area contributed by atoms with Crippen molar-refractivity contribution in [1.29, 1.82) is 0 Å². The molecule has 0 spiro atoms. The third-order valence-electron chi connectivity index (χ3n) is 5.60. The van der Waals surface area contributed by atoms with Gasteiger partial charge in [-0.05, 0) is 37.6 Å². The van der Waals surface area contributed by atoms with Gasteiger partial charge in [0, 0.05) is 37.8 Å². The summed E-state index contributed by atoms with van der Waals surface area (Å²) in [5.74, 6) is -0.206. The smallest absolute Gasteiger partial charge is 0.274 e. The summed E-state index contributed by atoms with van der Waals surface area (Å²) in [6, 6.07) is 15.3. The number of carbonyl (C=O) groups excluding carboxylic acids is 1. The zero-order chi connectivity index (χ0) is 22.0. The maximum Gasteiger partial charge on any atom is 0.274 e. The summed E-state index contributed by atoms with van der Waals surface area (Å²) in [5, 5.41) is 5.53. The van der Waals surface area contributed by atoms with E-state index in [0.29, 0.717) is 23.0 Å². The van der Waals surface area contributed by atoms with Crippen molar-refractivity contribution in [3.05, 3.63) is 70.1 Å². The summed E-state index contributed by atoms with van der Waals surface area (Å²) >= 11 is 0. The number of ether oxygens (including phenoxy) is 1. The zero-order valence-corrected chi connectivity index (χ0v) is 18.2. The molecule has 162 valence electrons. The first-order valence-electron chi connectivity index (χ1n) is 10.6. The summed E-state index contributed by atoms with van der Waals surface area (Å²) in [5.41, 5.74) is 2.33. The largest absolute Gasteiger partial charge is 0.378 e. The molecule has 0 aliphatic carbocycles. The molecule has 0 unspecified atom stereocenters. The molecule has 0 atom stereocenters. The average molecular weight is 421 g/mol. The second-order valence-electron chi connectivity index (χ2n) is 8.16. The molecule has 3 aromatic rings. The molecule has 0 radical (unpaired) electrons. The summed E-state index contributed by atoms with van der Waals surface area (Å²) in [4.78, 5) is 30.0.